The molecule has 2 N–H and O–H groups in total. The van der Waals surface area contributed by atoms with Crippen LogP contribution >= 0.6 is 0 Å². The van der Waals surface area contributed by atoms with Crippen molar-refractivity contribution in [2.75, 3.05) is 13.1 Å². The van der Waals surface area contributed by atoms with Crippen LogP contribution in [-0.2, 0) is 16.1 Å². The van der Waals surface area contributed by atoms with Crippen LogP contribution in [0.1, 0.15) is 27.2 Å². The van der Waals surface area contributed by atoms with E-state index in [1.54, 1.807) is 12.3 Å². The summed E-state index contributed by atoms with van der Waals surface area (Å²) in [4.78, 5) is 35.8. The highest BCUT2D eigenvalue weighted by Crippen LogP contribution is 2.35. The minimum atomic E-state index is -0.646. The molecule has 7 heteroatoms. The van der Waals surface area contributed by atoms with Crippen molar-refractivity contribution in [1.82, 2.24) is 20.4 Å². The van der Waals surface area contributed by atoms with Gasteiger partial charge in [-0.2, -0.15) is 5.10 Å². The number of hydrogen-bond donors (Lipinski definition) is 2. The first kappa shape index (κ1) is 17.2. The van der Waals surface area contributed by atoms with E-state index in [-0.39, 0.29) is 28.7 Å². The van der Waals surface area contributed by atoms with Crippen LogP contribution in [-0.4, -0.2) is 34.7 Å². The predicted molar refractivity (Wildman–Crippen MR) is 85.6 cm³/mol. The van der Waals surface area contributed by atoms with Crippen molar-refractivity contribution >= 4 is 11.8 Å². The van der Waals surface area contributed by atoms with E-state index >= 15 is 0 Å². The summed E-state index contributed by atoms with van der Waals surface area (Å²) in [5.74, 6) is -1.11. The van der Waals surface area contributed by atoms with Crippen LogP contribution in [0.2, 0.25) is 0 Å². The van der Waals surface area contributed by atoms with Gasteiger partial charge in [0.1, 0.15) is 5.92 Å². The van der Waals surface area contributed by atoms with Gasteiger partial charge in [0.25, 0.3) is 5.56 Å². The summed E-state index contributed by atoms with van der Waals surface area (Å²) in [5, 5.41) is 9.54. The molecule has 0 spiro atoms. The average molecular weight is 320 g/mol. The van der Waals surface area contributed by atoms with Crippen LogP contribution in [0, 0.1) is 17.3 Å². The van der Waals surface area contributed by atoms with E-state index < -0.39 is 5.92 Å². The molecule has 0 bridgehead atoms. The largest absolute Gasteiger partial charge is 0.355 e. The minimum Gasteiger partial charge on any atom is -0.355 e. The first-order valence-electron chi connectivity index (χ1n) is 7.88. The fraction of sp³-hybridized carbons (Fsp3) is 0.625. The Kier molecular flexibility index (Phi) is 5.18. The van der Waals surface area contributed by atoms with Crippen molar-refractivity contribution < 1.29 is 9.59 Å². The Balaban J connectivity index is 1.86. The van der Waals surface area contributed by atoms with E-state index in [1.165, 1.54) is 10.7 Å². The van der Waals surface area contributed by atoms with E-state index in [1.807, 2.05) is 20.8 Å². The lowest BCUT2D eigenvalue weighted by atomic mass is 9.74. The molecule has 0 radical (unpaired) electrons. The molecule has 0 saturated carbocycles. The van der Waals surface area contributed by atoms with Gasteiger partial charge in [-0.1, -0.05) is 20.8 Å². The third kappa shape index (κ3) is 4.18. The second-order valence-corrected chi connectivity index (χ2v) is 6.92. The Morgan fingerprint density at radius 2 is 2.17 bits per heavy atom. The first-order chi connectivity index (χ1) is 10.8. The summed E-state index contributed by atoms with van der Waals surface area (Å²) < 4.78 is 1.35. The van der Waals surface area contributed by atoms with Crippen molar-refractivity contribution in [3.05, 3.63) is 28.7 Å². The Bertz CT molecular complexity index is 633. The minimum absolute atomic E-state index is 0.0200. The van der Waals surface area contributed by atoms with Crippen LogP contribution in [0.4, 0.5) is 0 Å². The molecule has 1 saturated heterocycles. The molecule has 23 heavy (non-hydrogen) atoms. The lowest BCUT2D eigenvalue weighted by Crippen LogP contribution is -2.41. The van der Waals surface area contributed by atoms with Gasteiger partial charge in [-0.25, -0.2) is 4.68 Å². The van der Waals surface area contributed by atoms with Crippen LogP contribution in [0.3, 0.4) is 0 Å². The third-order valence-corrected chi connectivity index (χ3v) is 4.21. The SMILES string of the molecule is CC(C)(C)[C@H]1CNC(=O)[C@H]1C(=O)NCCCn1ncccc1=O. The second-order valence-electron chi connectivity index (χ2n) is 6.92. The monoisotopic (exact) mass is 320 g/mol. The summed E-state index contributed by atoms with van der Waals surface area (Å²) in [6, 6.07) is 3.04. The Labute approximate surface area is 135 Å². The van der Waals surface area contributed by atoms with Gasteiger partial charge in [-0.05, 0) is 17.9 Å². The molecular weight excluding hydrogens is 296 g/mol. The molecule has 0 aromatic carbocycles. The standard InChI is InChI=1S/C16H24N4O3/c1-16(2,3)11-10-18-15(23)13(11)14(22)17-7-5-9-20-12(21)6-4-8-19-20/h4,6,8,11,13H,5,7,9-10H2,1-3H3,(H,17,22)(H,18,23)/t11-,13+/m0/s1. The number of carbonyl (C=O) groups excluding carboxylic acids is 2. The molecule has 1 aromatic heterocycles. The average Bonchev–Trinajstić information content (AvgIpc) is 2.87. The molecule has 7 nitrogen and oxygen atoms in total. The maximum absolute atomic E-state index is 12.3. The summed E-state index contributed by atoms with van der Waals surface area (Å²) in [7, 11) is 0. The first-order valence-corrected chi connectivity index (χ1v) is 7.88. The summed E-state index contributed by atoms with van der Waals surface area (Å²) in [5.41, 5.74) is -0.288. The van der Waals surface area contributed by atoms with E-state index in [0.29, 0.717) is 26.1 Å². The number of amides is 2. The summed E-state index contributed by atoms with van der Waals surface area (Å²) in [6.45, 7) is 7.47. The Hall–Kier alpha value is -2.18. The van der Waals surface area contributed by atoms with Crippen LogP contribution in [0.15, 0.2) is 23.1 Å². The maximum atomic E-state index is 12.3. The van der Waals surface area contributed by atoms with Crippen molar-refractivity contribution in [3.63, 3.8) is 0 Å². The van der Waals surface area contributed by atoms with Gasteiger partial charge in [0, 0.05) is 37.8 Å². The number of aromatic nitrogens is 2. The van der Waals surface area contributed by atoms with E-state index in [0.717, 1.165) is 0 Å². The van der Waals surface area contributed by atoms with Crippen LogP contribution < -0.4 is 16.2 Å². The fourth-order valence-corrected chi connectivity index (χ4v) is 2.83. The van der Waals surface area contributed by atoms with Gasteiger partial charge in [0.2, 0.25) is 11.8 Å². The number of nitrogens with zero attached hydrogens (tertiary/aromatic N) is 2. The predicted octanol–water partition coefficient (Wildman–Crippen LogP) is 0.158. The molecule has 1 aliphatic rings. The Morgan fingerprint density at radius 1 is 1.43 bits per heavy atom. The maximum Gasteiger partial charge on any atom is 0.266 e. The zero-order valence-electron chi connectivity index (χ0n) is 13.8. The second kappa shape index (κ2) is 6.93. The van der Waals surface area contributed by atoms with Gasteiger partial charge in [0.15, 0.2) is 0 Å². The molecule has 2 rings (SSSR count). The third-order valence-electron chi connectivity index (χ3n) is 4.21. The number of aryl methyl sites for hydroxylation is 1. The highest BCUT2D eigenvalue weighted by Gasteiger charge is 2.45. The van der Waals surface area contributed by atoms with Gasteiger partial charge in [0.05, 0.1) is 0 Å². The summed E-state index contributed by atoms with van der Waals surface area (Å²) in [6.07, 6.45) is 2.13. The lowest BCUT2D eigenvalue weighted by molar-refractivity contribution is -0.135. The van der Waals surface area contributed by atoms with Gasteiger partial charge in [-0.3, -0.25) is 14.4 Å². The molecule has 0 unspecified atom stereocenters. The number of rotatable bonds is 5. The molecule has 2 heterocycles. The van der Waals surface area contributed by atoms with Crippen molar-refractivity contribution in [2.24, 2.45) is 17.3 Å². The molecule has 0 aliphatic carbocycles. The topological polar surface area (TPSA) is 93.1 Å². The quantitative estimate of drug-likeness (QED) is 0.597. The molecule has 1 fully saturated rings. The molecule has 1 aliphatic heterocycles. The van der Waals surface area contributed by atoms with E-state index in [9.17, 15) is 14.4 Å². The van der Waals surface area contributed by atoms with Gasteiger partial charge in [-0.15, -0.1) is 0 Å². The molecule has 1 aromatic rings. The molecule has 2 atom stereocenters. The molecule has 126 valence electrons. The van der Waals surface area contributed by atoms with E-state index in [4.69, 9.17) is 0 Å². The van der Waals surface area contributed by atoms with Crippen molar-refractivity contribution in [3.8, 4) is 0 Å². The van der Waals surface area contributed by atoms with Crippen LogP contribution in [0.5, 0.6) is 0 Å². The zero-order chi connectivity index (χ0) is 17.0. The van der Waals surface area contributed by atoms with Gasteiger partial charge < -0.3 is 10.6 Å². The Morgan fingerprint density at radius 3 is 2.83 bits per heavy atom. The normalized spacial score (nSPS) is 21.1. The fourth-order valence-electron chi connectivity index (χ4n) is 2.83. The van der Waals surface area contributed by atoms with Crippen molar-refractivity contribution in [1.29, 1.82) is 0 Å². The van der Waals surface area contributed by atoms with Crippen LogP contribution in [0.25, 0.3) is 0 Å². The highest BCUT2D eigenvalue weighted by atomic mass is 16.2. The highest BCUT2D eigenvalue weighted by molar-refractivity contribution is 6.02. The number of nitrogens with one attached hydrogen (secondary N) is 2. The number of hydrogen-bond acceptors (Lipinski definition) is 4. The molecular formula is C16H24N4O3. The zero-order valence-corrected chi connectivity index (χ0v) is 13.8. The smallest absolute Gasteiger partial charge is 0.266 e. The molecule has 2 amide bonds. The number of carbonyl (C=O) groups is 2. The van der Waals surface area contributed by atoms with Gasteiger partial charge >= 0.3 is 0 Å². The van der Waals surface area contributed by atoms with Crippen molar-refractivity contribution in [2.45, 2.75) is 33.7 Å². The lowest BCUT2D eigenvalue weighted by Gasteiger charge is -2.29. The summed E-state index contributed by atoms with van der Waals surface area (Å²) >= 11 is 0. The van der Waals surface area contributed by atoms with E-state index in [2.05, 4.69) is 15.7 Å².